The van der Waals surface area contributed by atoms with Crippen LogP contribution in [0.15, 0.2) is 48.7 Å². The van der Waals surface area contributed by atoms with Gasteiger partial charge in [-0.15, -0.1) is 5.10 Å². The standard InChI is InChI=1S/C22H21N5O3/c1-26-11-5-8-15(26)13-30-22-24-21(29)20-23-12-18(27(20)25-22)19(28)17-10-4-7-14-6-2-3-9-16(14)17/h2-4,6-7,9-10,12,15H,5,8,11,13H2,1H3,(H,24,25,29). The van der Waals surface area contributed by atoms with Crippen LogP contribution in [-0.2, 0) is 0 Å². The number of ketones is 1. The third-order valence-electron chi connectivity index (χ3n) is 5.67. The van der Waals surface area contributed by atoms with Gasteiger partial charge in [-0.25, -0.2) is 4.98 Å². The van der Waals surface area contributed by atoms with Crippen LogP contribution in [0.3, 0.4) is 0 Å². The summed E-state index contributed by atoms with van der Waals surface area (Å²) in [7, 11) is 2.05. The topological polar surface area (TPSA) is 92.9 Å². The third kappa shape index (κ3) is 3.15. The van der Waals surface area contributed by atoms with Gasteiger partial charge in [0.25, 0.3) is 5.88 Å². The maximum atomic E-state index is 13.3. The van der Waals surface area contributed by atoms with E-state index in [0.29, 0.717) is 12.2 Å². The number of hydrogen-bond donors (Lipinski definition) is 1. The number of aromatic hydroxyl groups is 1. The fourth-order valence-corrected chi connectivity index (χ4v) is 3.99. The van der Waals surface area contributed by atoms with Gasteiger partial charge in [-0.05, 0) is 37.2 Å². The molecular weight excluding hydrogens is 382 g/mol. The summed E-state index contributed by atoms with van der Waals surface area (Å²) in [6.07, 6.45) is 3.57. The molecule has 0 saturated carbocycles. The van der Waals surface area contributed by atoms with Crippen molar-refractivity contribution in [2.45, 2.75) is 18.9 Å². The lowest BCUT2D eigenvalue weighted by Crippen LogP contribution is -2.31. The van der Waals surface area contributed by atoms with Crippen LogP contribution in [0.25, 0.3) is 16.4 Å². The van der Waals surface area contributed by atoms with Crippen molar-refractivity contribution in [3.05, 3.63) is 59.9 Å². The van der Waals surface area contributed by atoms with Crippen LogP contribution >= 0.6 is 0 Å². The van der Waals surface area contributed by atoms with Crippen molar-refractivity contribution in [1.29, 1.82) is 0 Å². The summed E-state index contributed by atoms with van der Waals surface area (Å²) in [6.45, 7) is 1.45. The van der Waals surface area contributed by atoms with Crippen molar-refractivity contribution in [2.75, 3.05) is 20.2 Å². The Bertz CT molecular complexity index is 1250. The number of aromatic nitrogens is 4. The van der Waals surface area contributed by atoms with E-state index in [2.05, 4.69) is 27.0 Å². The van der Waals surface area contributed by atoms with Crippen LogP contribution in [0, 0.1) is 0 Å². The van der Waals surface area contributed by atoms with Crippen molar-refractivity contribution in [2.24, 2.45) is 0 Å². The molecule has 1 atom stereocenters. The molecule has 0 spiro atoms. The Morgan fingerprint density at radius 1 is 1.23 bits per heavy atom. The Kier molecular flexibility index (Phi) is 4.55. The molecule has 1 unspecified atom stereocenters. The number of imidazole rings is 1. The van der Waals surface area contributed by atoms with E-state index in [1.807, 2.05) is 36.4 Å². The van der Waals surface area contributed by atoms with Gasteiger partial charge in [0.15, 0.2) is 0 Å². The molecule has 4 aromatic rings. The van der Waals surface area contributed by atoms with Gasteiger partial charge < -0.3 is 14.7 Å². The van der Waals surface area contributed by atoms with Crippen LogP contribution in [0.1, 0.15) is 28.9 Å². The Morgan fingerprint density at radius 3 is 2.90 bits per heavy atom. The molecule has 1 aliphatic heterocycles. The van der Waals surface area contributed by atoms with Gasteiger partial charge in [-0.2, -0.15) is 9.50 Å². The summed E-state index contributed by atoms with van der Waals surface area (Å²) < 4.78 is 7.05. The zero-order chi connectivity index (χ0) is 20.7. The van der Waals surface area contributed by atoms with E-state index in [9.17, 15) is 9.90 Å². The van der Waals surface area contributed by atoms with Crippen molar-refractivity contribution in [1.82, 2.24) is 24.5 Å². The number of ether oxygens (including phenoxy) is 1. The first-order valence-electron chi connectivity index (χ1n) is 9.92. The molecular formula is C22H21N5O3. The van der Waals surface area contributed by atoms with Crippen molar-refractivity contribution < 1.29 is 14.6 Å². The zero-order valence-electron chi connectivity index (χ0n) is 16.5. The highest BCUT2D eigenvalue weighted by molar-refractivity contribution is 6.15. The van der Waals surface area contributed by atoms with E-state index in [0.717, 1.165) is 30.2 Å². The largest absolute Gasteiger partial charge is 0.490 e. The molecule has 2 aromatic heterocycles. The fraction of sp³-hybridized carbons (Fsp3) is 0.273. The number of hydrogen-bond acceptors (Lipinski definition) is 7. The molecule has 152 valence electrons. The van der Waals surface area contributed by atoms with E-state index in [1.54, 1.807) is 6.07 Å². The minimum Gasteiger partial charge on any atom is -0.490 e. The Balaban J connectivity index is 1.51. The minimum atomic E-state index is -0.322. The van der Waals surface area contributed by atoms with Gasteiger partial charge in [-0.1, -0.05) is 42.5 Å². The Hall–Kier alpha value is -3.52. The summed E-state index contributed by atoms with van der Waals surface area (Å²) in [4.78, 5) is 23.7. The molecule has 1 saturated heterocycles. The van der Waals surface area contributed by atoms with Crippen LogP contribution in [0.2, 0.25) is 0 Å². The molecule has 1 fully saturated rings. The first kappa shape index (κ1) is 18.5. The molecule has 8 heteroatoms. The monoisotopic (exact) mass is 403 g/mol. The molecule has 3 heterocycles. The number of rotatable bonds is 5. The number of carbonyl (C=O) groups is 1. The van der Waals surface area contributed by atoms with E-state index in [4.69, 9.17) is 4.74 Å². The molecule has 0 aliphatic carbocycles. The van der Waals surface area contributed by atoms with Crippen LogP contribution in [-0.4, -0.2) is 61.6 Å². The van der Waals surface area contributed by atoms with Gasteiger partial charge in [0.2, 0.25) is 11.4 Å². The van der Waals surface area contributed by atoms with E-state index >= 15 is 0 Å². The maximum absolute atomic E-state index is 13.3. The highest BCUT2D eigenvalue weighted by Gasteiger charge is 2.24. The van der Waals surface area contributed by atoms with E-state index in [1.165, 1.54) is 10.7 Å². The minimum absolute atomic E-state index is 0.0188. The highest BCUT2D eigenvalue weighted by atomic mass is 16.5. The molecule has 0 radical (unpaired) electrons. The lowest BCUT2D eigenvalue weighted by molar-refractivity contribution is 0.103. The number of carbonyl (C=O) groups excluding carboxylic acids is 1. The van der Waals surface area contributed by atoms with Gasteiger partial charge in [0.05, 0.1) is 6.20 Å². The molecule has 5 rings (SSSR count). The van der Waals surface area contributed by atoms with Crippen LogP contribution in [0.4, 0.5) is 0 Å². The van der Waals surface area contributed by atoms with Gasteiger partial charge >= 0.3 is 6.01 Å². The smallest absolute Gasteiger partial charge is 0.337 e. The second-order valence-electron chi connectivity index (χ2n) is 7.54. The lowest BCUT2D eigenvalue weighted by Gasteiger charge is -2.18. The second kappa shape index (κ2) is 7.38. The number of likely N-dealkylation sites (tertiary alicyclic amines) is 1. The Labute approximate surface area is 172 Å². The SMILES string of the molecule is CN1CCCC1COc1nc(O)c2ncc(C(=O)c3cccc4ccccc34)n2n1. The van der Waals surface area contributed by atoms with E-state index < -0.39 is 0 Å². The number of nitrogens with zero attached hydrogens (tertiary/aromatic N) is 5. The average molecular weight is 403 g/mol. The first-order chi connectivity index (χ1) is 14.6. The summed E-state index contributed by atoms with van der Waals surface area (Å²) in [5, 5.41) is 16.4. The molecule has 1 N–H and O–H groups in total. The molecule has 0 amide bonds. The summed E-state index contributed by atoms with van der Waals surface area (Å²) in [5.41, 5.74) is 0.897. The van der Waals surface area contributed by atoms with Crippen LogP contribution in [0.5, 0.6) is 11.9 Å². The zero-order valence-corrected chi connectivity index (χ0v) is 16.5. The second-order valence-corrected chi connectivity index (χ2v) is 7.54. The first-order valence-corrected chi connectivity index (χ1v) is 9.92. The molecule has 1 aliphatic rings. The number of benzene rings is 2. The molecule has 8 nitrogen and oxygen atoms in total. The van der Waals surface area contributed by atoms with Gasteiger partial charge in [0.1, 0.15) is 12.3 Å². The predicted octanol–water partition coefficient (Wildman–Crippen LogP) is 2.69. The third-order valence-corrected chi connectivity index (χ3v) is 5.67. The number of likely N-dealkylation sites (N-methyl/N-ethyl adjacent to an activating group) is 1. The van der Waals surface area contributed by atoms with Crippen LogP contribution < -0.4 is 4.74 Å². The quantitative estimate of drug-likeness (QED) is 0.512. The summed E-state index contributed by atoms with van der Waals surface area (Å²) in [6, 6.07) is 13.6. The summed E-state index contributed by atoms with van der Waals surface area (Å²) >= 11 is 0. The normalized spacial score (nSPS) is 17.0. The molecule has 2 aromatic carbocycles. The Morgan fingerprint density at radius 2 is 2.07 bits per heavy atom. The van der Waals surface area contributed by atoms with Crippen molar-refractivity contribution >= 4 is 22.2 Å². The van der Waals surface area contributed by atoms with Gasteiger partial charge in [-0.3, -0.25) is 4.79 Å². The number of fused-ring (bicyclic) bond motifs is 2. The lowest BCUT2D eigenvalue weighted by atomic mass is 10.0. The highest BCUT2D eigenvalue weighted by Crippen LogP contribution is 2.24. The van der Waals surface area contributed by atoms with Crippen molar-refractivity contribution in [3.8, 4) is 11.9 Å². The van der Waals surface area contributed by atoms with Gasteiger partial charge in [0, 0.05) is 11.6 Å². The average Bonchev–Trinajstić information content (AvgIpc) is 3.37. The van der Waals surface area contributed by atoms with E-state index in [-0.39, 0.29) is 35.1 Å². The molecule has 0 bridgehead atoms. The predicted molar refractivity (Wildman–Crippen MR) is 111 cm³/mol. The molecule has 30 heavy (non-hydrogen) atoms. The maximum Gasteiger partial charge on any atom is 0.337 e. The fourth-order valence-electron chi connectivity index (χ4n) is 3.99. The van der Waals surface area contributed by atoms with Crippen molar-refractivity contribution in [3.63, 3.8) is 0 Å². The summed E-state index contributed by atoms with van der Waals surface area (Å²) in [5.74, 6) is -0.560.